The van der Waals surface area contributed by atoms with Crippen molar-refractivity contribution in [3.05, 3.63) is 20.8 Å². The highest BCUT2D eigenvalue weighted by Crippen LogP contribution is 2.26. The molecule has 1 aliphatic rings. The molecule has 0 saturated heterocycles. The van der Waals surface area contributed by atoms with Gasteiger partial charge in [0.15, 0.2) is 0 Å². The molecule has 0 amide bonds. The van der Waals surface area contributed by atoms with Crippen LogP contribution in [0.5, 0.6) is 0 Å². The van der Waals surface area contributed by atoms with Crippen LogP contribution < -0.4 is 5.32 Å². The summed E-state index contributed by atoms with van der Waals surface area (Å²) in [6, 6.07) is 2.05. The second-order valence-corrected chi connectivity index (χ2v) is 7.46. The van der Waals surface area contributed by atoms with E-state index in [0.717, 1.165) is 17.4 Å². The molecular weight excluding hydrogens is 338 g/mol. The molecule has 5 heteroatoms. The third kappa shape index (κ3) is 5.11. The molecule has 1 aromatic rings. The number of thiophene rings is 1. The van der Waals surface area contributed by atoms with Crippen molar-refractivity contribution in [1.29, 1.82) is 0 Å². The van der Waals surface area contributed by atoms with Crippen molar-refractivity contribution in [2.24, 2.45) is 5.92 Å². The van der Waals surface area contributed by atoms with Gasteiger partial charge in [0.25, 0.3) is 0 Å². The van der Waals surface area contributed by atoms with Crippen LogP contribution in [0.1, 0.15) is 37.5 Å². The molecule has 3 atom stereocenters. The fraction of sp³-hybridized carbons (Fsp3) is 0.733. The van der Waals surface area contributed by atoms with Gasteiger partial charge in [0, 0.05) is 22.4 Å². The normalized spacial score (nSPS) is 24.8. The van der Waals surface area contributed by atoms with Gasteiger partial charge >= 0.3 is 0 Å². The van der Waals surface area contributed by atoms with Crippen LogP contribution >= 0.6 is 27.3 Å². The van der Waals surface area contributed by atoms with Gasteiger partial charge in [0.1, 0.15) is 0 Å². The zero-order valence-corrected chi connectivity index (χ0v) is 14.4. The Bertz CT molecular complexity index is 399. The third-order valence-corrected chi connectivity index (χ3v) is 5.82. The van der Waals surface area contributed by atoms with E-state index in [4.69, 9.17) is 4.74 Å². The minimum Gasteiger partial charge on any atom is -0.389 e. The first-order chi connectivity index (χ1) is 9.66. The van der Waals surface area contributed by atoms with Crippen molar-refractivity contribution in [3.8, 4) is 0 Å². The molecule has 114 valence electrons. The quantitative estimate of drug-likeness (QED) is 0.779. The van der Waals surface area contributed by atoms with Crippen LogP contribution in [0.3, 0.4) is 0 Å². The summed E-state index contributed by atoms with van der Waals surface area (Å²) < 4.78 is 7.01. The number of hydrogen-bond donors (Lipinski definition) is 2. The minimum atomic E-state index is -0.428. The van der Waals surface area contributed by atoms with Crippen LogP contribution in [0.2, 0.25) is 0 Å². The molecule has 0 aliphatic heterocycles. The van der Waals surface area contributed by atoms with E-state index in [0.29, 0.717) is 25.2 Å². The van der Waals surface area contributed by atoms with E-state index >= 15 is 0 Å². The number of aliphatic hydroxyl groups excluding tert-OH is 1. The Morgan fingerprint density at radius 2 is 2.30 bits per heavy atom. The van der Waals surface area contributed by atoms with Crippen LogP contribution in [0, 0.1) is 5.92 Å². The smallest absolute Gasteiger partial charge is 0.0897 e. The summed E-state index contributed by atoms with van der Waals surface area (Å²) in [7, 11) is 0. The van der Waals surface area contributed by atoms with Gasteiger partial charge in [-0.1, -0.05) is 19.8 Å². The standard InChI is InChI=1S/C15H24BrNO2S/c1-11-4-2-3-5-14(11)19-10-12(18)8-17-9-15-13(16)6-7-20-15/h6-7,11-12,14,17-18H,2-5,8-10H2,1H3. The first-order valence-electron chi connectivity index (χ1n) is 7.39. The van der Waals surface area contributed by atoms with Crippen molar-refractivity contribution in [2.75, 3.05) is 13.2 Å². The maximum Gasteiger partial charge on any atom is 0.0897 e. The molecule has 2 N–H and O–H groups in total. The van der Waals surface area contributed by atoms with Gasteiger partial charge in [-0.25, -0.2) is 0 Å². The van der Waals surface area contributed by atoms with Gasteiger partial charge in [0.2, 0.25) is 0 Å². The van der Waals surface area contributed by atoms with Crippen molar-refractivity contribution in [2.45, 2.75) is 51.4 Å². The molecule has 0 aromatic carbocycles. The predicted molar refractivity (Wildman–Crippen MR) is 87.1 cm³/mol. The molecule has 1 aliphatic carbocycles. The van der Waals surface area contributed by atoms with Crippen LogP contribution in [-0.2, 0) is 11.3 Å². The number of aliphatic hydroxyl groups is 1. The van der Waals surface area contributed by atoms with E-state index in [-0.39, 0.29) is 0 Å². The summed E-state index contributed by atoms with van der Waals surface area (Å²) in [4.78, 5) is 1.26. The highest BCUT2D eigenvalue weighted by atomic mass is 79.9. The van der Waals surface area contributed by atoms with Gasteiger partial charge in [-0.05, 0) is 46.1 Å². The Labute approximate surface area is 133 Å². The summed E-state index contributed by atoms with van der Waals surface area (Å²) in [6.45, 7) is 4.05. The average molecular weight is 362 g/mol. The first-order valence-corrected chi connectivity index (χ1v) is 9.06. The molecule has 1 aromatic heterocycles. The number of halogens is 1. The number of nitrogens with one attached hydrogen (secondary N) is 1. The molecule has 0 spiro atoms. The second-order valence-electron chi connectivity index (χ2n) is 5.61. The molecule has 3 unspecified atom stereocenters. The molecular formula is C15H24BrNO2S. The van der Waals surface area contributed by atoms with Gasteiger partial charge in [0.05, 0.1) is 18.8 Å². The lowest BCUT2D eigenvalue weighted by atomic mass is 9.88. The van der Waals surface area contributed by atoms with Crippen LogP contribution in [0.15, 0.2) is 15.9 Å². The number of rotatable bonds is 7. The summed E-state index contributed by atoms with van der Waals surface area (Å²) in [5.41, 5.74) is 0. The predicted octanol–water partition coefficient (Wildman–Crippen LogP) is 3.56. The second kappa shape index (κ2) is 8.49. The number of ether oxygens (including phenoxy) is 1. The van der Waals surface area contributed by atoms with E-state index in [9.17, 15) is 5.11 Å². The fourth-order valence-electron chi connectivity index (χ4n) is 2.63. The Morgan fingerprint density at radius 3 is 3.00 bits per heavy atom. The Morgan fingerprint density at radius 1 is 1.50 bits per heavy atom. The van der Waals surface area contributed by atoms with Crippen molar-refractivity contribution >= 4 is 27.3 Å². The lowest BCUT2D eigenvalue weighted by Gasteiger charge is -2.29. The highest BCUT2D eigenvalue weighted by Gasteiger charge is 2.22. The SMILES string of the molecule is CC1CCCCC1OCC(O)CNCc1sccc1Br. The third-order valence-electron chi connectivity index (χ3n) is 3.89. The summed E-state index contributed by atoms with van der Waals surface area (Å²) in [5, 5.41) is 15.3. The number of hydrogen-bond acceptors (Lipinski definition) is 4. The van der Waals surface area contributed by atoms with Gasteiger partial charge in [-0.15, -0.1) is 11.3 Å². The van der Waals surface area contributed by atoms with Gasteiger partial charge < -0.3 is 15.2 Å². The van der Waals surface area contributed by atoms with Gasteiger partial charge in [-0.3, -0.25) is 0 Å². The fourth-order valence-corrected chi connectivity index (χ4v) is 4.09. The highest BCUT2D eigenvalue weighted by molar-refractivity contribution is 9.10. The first kappa shape index (κ1) is 16.4. The van der Waals surface area contributed by atoms with E-state index < -0.39 is 6.10 Å². The van der Waals surface area contributed by atoms with E-state index in [1.165, 1.54) is 24.1 Å². The Kier molecular flexibility index (Phi) is 6.97. The van der Waals surface area contributed by atoms with E-state index in [2.05, 4.69) is 33.6 Å². The monoisotopic (exact) mass is 361 g/mol. The summed E-state index contributed by atoms with van der Waals surface area (Å²) >= 11 is 5.22. The molecule has 2 rings (SSSR count). The van der Waals surface area contributed by atoms with Crippen LogP contribution in [-0.4, -0.2) is 30.5 Å². The lowest BCUT2D eigenvalue weighted by molar-refractivity contribution is -0.0451. The molecule has 1 saturated carbocycles. The molecule has 0 radical (unpaired) electrons. The van der Waals surface area contributed by atoms with E-state index in [1.54, 1.807) is 11.3 Å². The van der Waals surface area contributed by atoms with Crippen molar-refractivity contribution in [1.82, 2.24) is 5.32 Å². The minimum absolute atomic E-state index is 0.338. The van der Waals surface area contributed by atoms with Crippen LogP contribution in [0.4, 0.5) is 0 Å². The zero-order valence-electron chi connectivity index (χ0n) is 12.0. The average Bonchev–Trinajstić information content (AvgIpc) is 2.84. The largest absolute Gasteiger partial charge is 0.389 e. The maximum atomic E-state index is 9.97. The Balaban J connectivity index is 1.60. The summed E-state index contributed by atoms with van der Waals surface area (Å²) in [5.74, 6) is 0.631. The molecule has 1 heterocycles. The van der Waals surface area contributed by atoms with E-state index in [1.807, 2.05) is 6.07 Å². The zero-order chi connectivity index (χ0) is 14.4. The topological polar surface area (TPSA) is 41.5 Å². The lowest BCUT2D eigenvalue weighted by Crippen LogP contribution is -2.34. The molecule has 3 nitrogen and oxygen atoms in total. The molecule has 20 heavy (non-hydrogen) atoms. The summed E-state index contributed by atoms with van der Waals surface area (Å²) in [6.07, 6.45) is 4.89. The van der Waals surface area contributed by atoms with Gasteiger partial charge in [-0.2, -0.15) is 0 Å². The van der Waals surface area contributed by atoms with Crippen molar-refractivity contribution in [3.63, 3.8) is 0 Å². The van der Waals surface area contributed by atoms with Crippen LogP contribution in [0.25, 0.3) is 0 Å². The Hall–Kier alpha value is 0.0600. The molecule has 1 fully saturated rings. The molecule has 0 bridgehead atoms. The van der Waals surface area contributed by atoms with Crippen molar-refractivity contribution < 1.29 is 9.84 Å². The maximum absolute atomic E-state index is 9.97.